The smallest absolute Gasteiger partial charge is 0.160 e. The summed E-state index contributed by atoms with van der Waals surface area (Å²) in [6, 6.07) is 57.7. The third kappa shape index (κ3) is 4.50. The molecule has 0 saturated carbocycles. The van der Waals surface area contributed by atoms with Crippen LogP contribution in [0.5, 0.6) is 0 Å². The average molecular weight is 606 g/mol. The molecule has 0 amide bonds. The lowest BCUT2D eigenvalue weighted by atomic mass is 9.98. The van der Waals surface area contributed by atoms with Gasteiger partial charge in [-0.1, -0.05) is 133 Å². The SMILES string of the molecule is c1ccc(-c2cc(-c3cccc(-c4ccc(-c5c6ccccc6n6c5sc5ccccc56)cc4)c3)nc(-c3ccccc3)n2)cc1. The summed E-state index contributed by atoms with van der Waals surface area (Å²) in [5.74, 6) is 0.721. The van der Waals surface area contributed by atoms with Gasteiger partial charge in [-0.3, -0.25) is 4.40 Å². The Bertz CT molecular complexity index is 2450. The first-order valence-corrected chi connectivity index (χ1v) is 16.2. The zero-order chi connectivity index (χ0) is 30.5. The second-order valence-electron chi connectivity index (χ2n) is 11.5. The van der Waals surface area contributed by atoms with E-state index in [1.54, 1.807) is 0 Å². The van der Waals surface area contributed by atoms with E-state index in [9.17, 15) is 0 Å². The fourth-order valence-corrected chi connectivity index (χ4v) is 7.66. The monoisotopic (exact) mass is 605 g/mol. The van der Waals surface area contributed by atoms with E-state index in [1.165, 1.54) is 42.6 Å². The van der Waals surface area contributed by atoms with E-state index >= 15 is 0 Å². The average Bonchev–Trinajstić information content (AvgIpc) is 3.67. The van der Waals surface area contributed by atoms with Gasteiger partial charge in [0.2, 0.25) is 0 Å². The maximum absolute atomic E-state index is 5.05. The summed E-state index contributed by atoms with van der Waals surface area (Å²) in [5, 5.41) is 1.28. The summed E-state index contributed by atoms with van der Waals surface area (Å²) < 4.78 is 3.71. The first-order valence-electron chi connectivity index (χ1n) is 15.4. The summed E-state index contributed by atoms with van der Waals surface area (Å²) in [6.45, 7) is 0. The second kappa shape index (κ2) is 11.0. The van der Waals surface area contributed by atoms with Gasteiger partial charge in [0, 0.05) is 27.6 Å². The fraction of sp³-hybridized carbons (Fsp3) is 0. The Labute approximate surface area is 270 Å². The highest BCUT2D eigenvalue weighted by molar-refractivity contribution is 7.24. The lowest BCUT2D eigenvalue weighted by molar-refractivity contribution is 1.18. The van der Waals surface area contributed by atoms with Crippen molar-refractivity contribution < 1.29 is 0 Å². The normalized spacial score (nSPS) is 11.5. The molecule has 0 saturated heterocycles. The first-order chi connectivity index (χ1) is 22.8. The minimum absolute atomic E-state index is 0.721. The zero-order valence-electron chi connectivity index (χ0n) is 24.8. The molecule has 3 heterocycles. The molecule has 0 aliphatic heterocycles. The molecule has 216 valence electrons. The molecule has 0 bridgehead atoms. The third-order valence-electron chi connectivity index (χ3n) is 8.64. The number of aromatic nitrogens is 3. The number of nitrogens with zero attached hydrogens (tertiary/aromatic N) is 3. The van der Waals surface area contributed by atoms with Crippen molar-refractivity contribution in [2.75, 3.05) is 0 Å². The van der Waals surface area contributed by atoms with E-state index in [2.05, 4.69) is 132 Å². The fourth-order valence-electron chi connectivity index (χ4n) is 6.42. The van der Waals surface area contributed by atoms with Crippen molar-refractivity contribution in [3.63, 3.8) is 0 Å². The van der Waals surface area contributed by atoms with Crippen molar-refractivity contribution in [2.45, 2.75) is 0 Å². The predicted octanol–water partition coefficient (Wildman–Crippen LogP) is 11.4. The maximum atomic E-state index is 5.05. The minimum Gasteiger partial charge on any atom is -0.299 e. The number of benzene rings is 6. The van der Waals surface area contributed by atoms with E-state index in [0.717, 1.165) is 39.5 Å². The van der Waals surface area contributed by atoms with Crippen molar-refractivity contribution in [1.29, 1.82) is 0 Å². The van der Waals surface area contributed by atoms with Gasteiger partial charge in [-0.05, 0) is 47.0 Å². The summed E-state index contributed by atoms with van der Waals surface area (Å²) in [7, 11) is 0. The Morgan fingerprint density at radius 2 is 1.00 bits per heavy atom. The van der Waals surface area contributed by atoms with E-state index in [4.69, 9.17) is 9.97 Å². The van der Waals surface area contributed by atoms with Crippen LogP contribution in [0.25, 0.3) is 82.1 Å². The molecule has 0 atom stereocenters. The van der Waals surface area contributed by atoms with Gasteiger partial charge in [0.25, 0.3) is 0 Å². The lowest BCUT2D eigenvalue weighted by Crippen LogP contribution is -1.96. The van der Waals surface area contributed by atoms with Crippen LogP contribution in [0, 0.1) is 0 Å². The number of para-hydroxylation sites is 2. The Kier molecular flexibility index (Phi) is 6.32. The molecule has 46 heavy (non-hydrogen) atoms. The summed E-state index contributed by atoms with van der Waals surface area (Å²) >= 11 is 1.86. The molecule has 3 aromatic heterocycles. The molecule has 0 aliphatic carbocycles. The number of hydrogen-bond donors (Lipinski definition) is 0. The van der Waals surface area contributed by atoms with Crippen LogP contribution in [0.4, 0.5) is 0 Å². The molecule has 0 aliphatic rings. The van der Waals surface area contributed by atoms with Crippen LogP contribution in [0.15, 0.2) is 164 Å². The van der Waals surface area contributed by atoms with Gasteiger partial charge in [0.05, 0.1) is 27.1 Å². The number of hydrogen-bond acceptors (Lipinski definition) is 3. The number of rotatable bonds is 5. The topological polar surface area (TPSA) is 30.2 Å². The van der Waals surface area contributed by atoms with Crippen molar-refractivity contribution in [2.24, 2.45) is 0 Å². The number of fused-ring (bicyclic) bond motifs is 5. The van der Waals surface area contributed by atoms with E-state index in [0.29, 0.717) is 0 Å². The van der Waals surface area contributed by atoms with Gasteiger partial charge in [-0.2, -0.15) is 0 Å². The molecule has 0 unspecified atom stereocenters. The molecule has 9 rings (SSSR count). The van der Waals surface area contributed by atoms with Crippen LogP contribution in [0.3, 0.4) is 0 Å². The lowest BCUT2D eigenvalue weighted by Gasteiger charge is -2.11. The van der Waals surface area contributed by atoms with E-state index < -0.39 is 0 Å². The Morgan fingerprint density at radius 1 is 0.413 bits per heavy atom. The van der Waals surface area contributed by atoms with Gasteiger partial charge < -0.3 is 0 Å². The van der Waals surface area contributed by atoms with Gasteiger partial charge >= 0.3 is 0 Å². The van der Waals surface area contributed by atoms with Crippen LogP contribution in [-0.2, 0) is 0 Å². The predicted molar refractivity (Wildman–Crippen MR) is 193 cm³/mol. The van der Waals surface area contributed by atoms with Crippen LogP contribution < -0.4 is 0 Å². The molecule has 0 fully saturated rings. The largest absolute Gasteiger partial charge is 0.299 e. The molecule has 0 spiro atoms. The van der Waals surface area contributed by atoms with Gasteiger partial charge in [0.1, 0.15) is 4.83 Å². The Hall–Kier alpha value is -5.84. The molecule has 4 heteroatoms. The van der Waals surface area contributed by atoms with Crippen LogP contribution in [0.2, 0.25) is 0 Å². The zero-order valence-corrected chi connectivity index (χ0v) is 25.7. The van der Waals surface area contributed by atoms with Gasteiger partial charge in [-0.15, -0.1) is 11.3 Å². The molecular formula is C42H27N3S. The highest BCUT2D eigenvalue weighted by atomic mass is 32.1. The van der Waals surface area contributed by atoms with Crippen molar-refractivity contribution in [3.05, 3.63) is 164 Å². The summed E-state index contributed by atoms with van der Waals surface area (Å²) in [6.07, 6.45) is 0. The van der Waals surface area contributed by atoms with Crippen molar-refractivity contribution >= 4 is 37.3 Å². The van der Waals surface area contributed by atoms with Crippen LogP contribution in [-0.4, -0.2) is 14.4 Å². The standard InChI is InChI=1S/C42H27N3S/c1-3-12-29(13-4-1)35-27-36(44-41(43-35)31-14-5-2-6-15-31)33-17-11-16-32(26-33)28-22-24-30(25-23-28)40-34-18-7-8-19-37(34)45-38-20-9-10-21-39(38)46-42(40)45/h1-27H. The van der Waals surface area contributed by atoms with Gasteiger partial charge in [-0.25, -0.2) is 9.97 Å². The summed E-state index contributed by atoms with van der Waals surface area (Å²) in [4.78, 5) is 11.3. The Morgan fingerprint density at radius 3 is 1.78 bits per heavy atom. The molecule has 6 aromatic carbocycles. The molecule has 3 nitrogen and oxygen atoms in total. The Balaban J connectivity index is 1.13. The van der Waals surface area contributed by atoms with E-state index in [1.807, 2.05) is 47.7 Å². The third-order valence-corrected chi connectivity index (χ3v) is 9.78. The second-order valence-corrected chi connectivity index (χ2v) is 12.5. The highest BCUT2D eigenvalue weighted by Gasteiger charge is 2.18. The first kappa shape index (κ1) is 26.6. The molecule has 0 N–H and O–H groups in total. The van der Waals surface area contributed by atoms with Crippen molar-refractivity contribution in [1.82, 2.24) is 14.4 Å². The molecular weight excluding hydrogens is 579 g/mol. The van der Waals surface area contributed by atoms with E-state index in [-0.39, 0.29) is 0 Å². The molecule has 0 radical (unpaired) electrons. The van der Waals surface area contributed by atoms with Crippen LogP contribution in [0.1, 0.15) is 0 Å². The molecule has 9 aromatic rings. The highest BCUT2D eigenvalue weighted by Crippen LogP contribution is 2.42. The van der Waals surface area contributed by atoms with Gasteiger partial charge in [0.15, 0.2) is 5.82 Å². The maximum Gasteiger partial charge on any atom is 0.160 e. The van der Waals surface area contributed by atoms with Crippen molar-refractivity contribution in [3.8, 4) is 56.2 Å². The minimum atomic E-state index is 0.721. The number of thiazole rings is 1. The van der Waals surface area contributed by atoms with Crippen LogP contribution >= 0.6 is 11.3 Å². The quantitative estimate of drug-likeness (QED) is 0.195. The summed E-state index contributed by atoms with van der Waals surface area (Å²) in [5.41, 5.74) is 12.3.